The predicted octanol–water partition coefficient (Wildman–Crippen LogP) is 4.36. The standard InChI is InChI=1S/C32H32BrN3O9/c1-40-24-10-17(11-25(41-2)29(24)42-3)26-19-12-22-23(45-15-44-22)13-20(19)28(21-14-43-31(38)27(21)26)36-30(37)16-4-6-18(7-5-16)35-32(39)34-9-8-33/h4-7,10-13,21,26-28H,8-9,14-15H2,1-3H3,(H,36,37)(H2,34,35,39)/t21-,26+,27-,28+/m0/s1. The van der Waals surface area contributed by atoms with E-state index in [1.165, 1.54) is 21.3 Å². The fourth-order valence-electron chi connectivity index (χ4n) is 6.29. The number of ether oxygens (including phenoxy) is 6. The molecule has 4 atom stereocenters. The highest BCUT2D eigenvalue weighted by Crippen LogP contribution is 2.55. The maximum absolute atomic E-state index is 13.6. The summed E-state index contributed by atoms with van der Waals surface area (Å²) in [5.41, 5.74) is 3.25. The molecular weight excluding hydrogens is 650 g/mol. The van der Waals surface area contributed by atoms with Crippen molar-refractivity contribution < 1.29 is 42.8 Å². The smallest absolute Gasteiger partial charge is 0.319 e. The molecule has 3 aromatic carbocycles. The summed E-state index contributed by atoms with van der Waals surface area (Å²) in [5, 5.41) is 9.22. The van der Waals surface area contributed by atoms with Crippen LogP contribution in [0.2, 0.25) is 0 Å². The normalized spacial score (nSPS) is 20.8. The monoisotopic (exact) mass is 681 g/mol. The number of amides is 3. The van der Waals surface area contributed by atoms with E-state index >= 15 is 0 Å². The highest BCUT2D eigenvalue weighted by atomic mass is 79.9. The Labute approximate surface area is 267 Å². The summed E-state index contributed by atoms with van der Waals surface area (Å²) >= 11 is 3.27. The van der Waals surface area contributed by atoms with E-state index in [9.17, 15) is 14.4 Å². The second-order valence-corrected chi connectivity index (χ2v) is 11.5. The van der Waals surface area contributed by atoms with Crippen LogP contribution in [0.3, 0.4) is 0 Å². The van der Waals surface area contributed by atoms with Crippen molar-refractivity contribution >= 4 is 39.5 Å². The fourth-order valence-corrected chi connectivity index (χ4v) is 6.49. The summed E-state index contributed by atoms with van der Waals surface area (Å²) in [7, 11) is 4.60. The minimum absolute atomic E-state index is 0.0630. The number of carbonyl (C=O) groups excluding carboxylic acids is 3. The lowest BCUT2D eigenvalue weighted by molar-refractivity contribution is -0.141. The number of alkyl halides is 1. The van der Waals surface area contributed by atoms with Crippen molar-refractivity contribution in [2.45, 2.75) is 12.0 Å². The minimum atomic E-state index is -0.629. The largest absolute Gasteiger partial charge is 0.493 e. The van der Waals surface area contributed by atoms with Crippen LogP contribution in [0.15, 0.2) is 48.5 Å². The Bertz CT molecular complexity index is 1610. The van der Waals surface area contributed by atoms with Crippen molar-refractivity contribution in [3.63, 3.8) is 0 Å². The molecule has 1 aliphatic carbocycles. The highest BCUT2D eigenvalue weighted by molar-refractivity contribution is 9.09. The van der Waals surface area contributed by atoms with E-state index in [0.717, 1.165) is 16.7 Å². The van der Waals surface area contributed by atoms with Crippen LogP contribution in [0.5, 0.6) is 28.7 Å². The summed E-state index contributed by atoms with van der Waals surface area (Å²) in [6, 6.07) is 13.0. The predicted molar refractivity (Wildman–Crippen MR) is 166 cm³/mol. The van der Waals surface area contributed by atoms with E-state index in [-0.39, 0.29) is 31.3 Å². The molecule has 0 spiro atoms. The van der Waals surface area contributed by atoms with Gasteiger partial charge in [0.1, 0.15) is 0 Å². The molecule has 2 aliphatic heterocycles. The van der Waals surface area contributed by atoms with E-state index in [2.05, 4.69) is 31.9 Å². The van der Waals surface area contributed by atoms with E-state index in [4.69, 9.17) is 28.4 Å². The molecule has 3 aliphatic rings. The third kappa shape index (κ3) is 5.68. The molecule has 13 heteroatoms. The second-order valence-electron chi connectivity index (χ2n) is 10.7. The molecule has 1 fully saturated rings. The van der Waals surface area contributed by atoms with Gasteiger partial charge in [-0.05, 0) is 65.2 Å². The summed E-state index contributed by atoms with van der Waals surface area (Å²) in [4.78, 5) is 39.1. The van der Waals surface area contributed by atoms with Crippen molar-refractivity contribution in [2.24, 2.45) is 11.8 Å². The highest BCUT2D eigenvalue weighted by Gasteiger charge is 2.53. The molecule has 6 rings (SSSR count). The van der Waals surface area contributed by atoms with Gasteiger partial charge < -0.3 is 44.4 Å². The lowest BCUT2D eigenvalue weighted by Gasteiger charge is -2.39. The first-order valence-electron chi connectivity index (χ1n) is 14.3. The lowest BCUT2D eigenvalue weighted by Crippen LogP contribution is -2.42. The minimum Gasteiger partial charge on any atom is -0.493 e. The van der Waals surface area contributed by atoms with Crippen LogP contribution in [0.1, 0.15) is 39.0 Å². The van der Waals surface area contributed by atoms with Gasteiger partial charge in [0, 0.05) is 35.0 Å². The zero-order valence-electron chi connectivity index (χ0n) is 24.8. The van der Waals surface area contributed by atoms with Crippen LogP contribution < -0.4 is 39.6 Å². The Morgan fingerprint density at radius 2 is 1.58 bits per heavy atom. The number of rotatable bonds is 9. The molecule has 12 nitrogen and oxygen atoms in total. The fraction of sp³-hybridized carbons (Fsp3) is 0.344. The Hall–Kier alpha value is -4.65. The maximum atomic E-state index is 13.6. The van der Waals surface area contributed by atoms with Gasteiger partial charge in [0.25, 0.3) is 5.91 Å². The van der Waals surface area contributed by atoms with Gasteiger partial charge in [-0.1, -0.05) is 15.9 Å². The van der Waals surface area contributed by atoms with Crippen LogP contribution >= 0.6 is 15.9 Å². The first-order valence-corrected chi connectivity index (χ1v) is 15.4. The van der Waals surface area contributed by atoms with Crippen LogP contribution in [-0.2, 0) is 9.53 Å². The first-order chi connectivity index (χ1) is 21.9. The van der Waals surface area contributed by atoms with Crippen LogP contribution in [0.4, 0.5) is 10.5 Å². The molecule has 3 amide bonds. The molecular formula is C32H32BrN3O9. The molecule has 1 saturated heterocycles. The van der Waals surface area contributed by atoms with Crippen molar-refractivity contribution in [3.8, 4) is 28.7 Å². The molecule has 0 bridgehead atoms. The van der Waals surface area contributed by atoms with Gasteiger partial charge in [-0.3, -0.25) is 9.59 Å². The van der Waals surface area contributed by atoms with E-state index in [0.29, 0.717) is 51.9 Å². The first kappa shape index (κ1) is 30.4. The average Bonchev–Trinajstić information content (AvgIpc) is 3.68. The van der Waals surface area contributed by atoms with Gasteiger partial charge in [-0.25, -0.2) is 4.79 Å². The van der Waals surface area contributed by atoms with Crippen LogP contribution in [0, 0.1) is 11.8 Å². The van der Waals surface area contributed by atoms with Gasteiger partial charge in [-0.15, -0.1) is 0 Å². The van der Waals surface area contributed by atoms with Crippen molar-refractivity contribution in [3.05, 3.63) is 70.8 Å². The molecule has 0 unspecified atom stereocenters. The Balaban J connectivity index is 1.37. The molecule has 3 aromatic rings. The maximum Gasteiger partial charge on any atom is 0.319 e. The third-order valence-electron chi connectivity index (χ3n) is 8.30. The number of cyclic esters (lactones) is 1. The summed E-state index contributed by atoms with van der Waals surface area (Å²) in [6.07, 6.45) is 0. The van der Waals surface area contributed by atoms with Gasteiger partial charge >= 0.3 is 12.0 Å². The molecule has 45 heavy (non-hydrogen) atoms. The summed E-state index contributed by atoms with van der Waals surface area (Å²) in [5.74, 6) is 0.223. The molecule has 3 N–H and O–H groups in total. The molecule has 0 radical (unpaired) electrons. The Kier molecular flexibility index (Phi) is 8.61. The van der Waals surface area contributed by atoms with Gasteiger partial charge in [0.2, 0.25) is 12.5 Å². The number of hydrogen-bond acceptors (Lipinski definition) is 9. The SMILES string of the molecule is COc1cc([C@@H]2c3cc4c(cc3[C@@H](NC(=O)c3ccc(NC(=O)NCCBr)cc3)[C@H]3COC(=O)[C@H]23)OCO4)cc(OC)c1OC. The van der Waals surface area contributed by atoms with E-state index < -0.39 is 23.8 Å². The number of carbonyl (C=O) groups is 3. The number of anilines is 1. The van der Waals surface area contributed by atoms with Gasteiger partial charge in [0.05, 0.1) is 39.9 Å². The number of hydrogen-bond donors (Lipinski definition) is 3. The van der Waals surface area contributed by atoms with Crippen molar-refractivity contribution in [2.75, 3.05) is 51.9 Å². The van der Waals surface area contributed by atoms with Crippen LogP contribution in [-0.4, -0.2) is 64.5 Å². The number of methoxy groups -OCH3 is 3. The second kappa shape index (κ2) is 12.8. The van der Waals surface area contributed by atoms with Crippen molar-refractivity contribution in [1.82, 2.24) is 10.6 Å². The number of fused-ring (bicyclic) bond motifs is 3. The molecule has 2 heterocycles. The molecule has 0 aromatic heterocycles. The topological polar surface area (TPSA) is 143 Å². The van der Waals surface area contributed by atoms with Crippen molar-refractivity contribution in [1.29, 1.82) is 0 Å². The summed E-state index contributed by atoms with van der Waals surface area (Å²) in [6.45, 7) is 0.660. The van der Waals surface area contributed by atoms with Gasteiger partial charge in [0.15, 0.2) is 23.0 Å². The summed E-state index contributed by atoms with van der Waals surface area (Å²) < 4.78 is 33.9. The molecule has 236 valence electrons. The van der Waals surface area contributed by atoms with Crippen LogP contribution in [0.25, 0.3) is 0 Å². The average molecular weight is 683 g/mol. The number of halogens is 1. The third-order valence-corrected chi connectivity index (χ3v) is 8.70. The number of nitrogens with one attached hydrogen (secondary N) is 3. The number of urea groups is 1. The van der Waals surface area contributed by atoms with E-state index in [1.807, 2.05) is 24.3 Å². The Morgan fingerprint density at radius 1 is 0.911 bits per heavy atom. The zero-order chi connectivity index (χ0) is 31.7. The quantitative estimate of drug-likeness (QED) is 0.222. The number of benzene rings is 3. The van der Waals surface area contributed by atoms with E-state index in [1.54, 1.807) is 24.3 Å². The number of esters is 1. The lowest BCUT2D eigenvalue weighted by atomic mass is 9.65. The zero-order valence-corrected chi connectivity index (χ0v) is 26.4. The molecule has 0 saturated carbocycles. The Morgan fingerprint density at radius 3 is 2.20 bits per heavy atom. The van der Waals surface area contributed by atoms with Gasteiger partial charge in [-0.2, -0.15) is 0 Å².